The van der Waals surface area contributed by atoms with Crippen LogP contribution in [0.5, 0.6) is 0 Å². The summed E-state index contributed by atoms with van der Waals surface area (Å²) in [5, 5.41) is 0. The molecule has 1 aromatic heterocycles. The van der Waals surface area contributed by atoms with Crippen molar-refractivity contribution in [3.05, 3.63) is 29.6 Å². The summed E-state index contributed by atoms with van der Waals surface area (Å²) in [6, 6.07) is 4.01. The smallest absolute Gasteiger partial charge is 0.142 e. The van der Waals surface area contributed by atoms with Gasteiger partial charge in [0, 0.05) is 12.6 Å². The summed E-state index contributed by atoms with van der Waals surface area (Å²) >= 11 is 0. The molecule has 0 amide bonds. The highest BCUT2D eigenvalue weighted by atomic mass is 16.1. The number of carbonyl (C=O) groups is 1. The molecule has 0 saturated carbocycles. The Labute approximate surface area is 96.1 Å². The zero-order chi connectivity index (χ0) is 11.5. The van der Waals surface area contributed by atoms with Crippen molar-refractivity contribution >= 4 is 5.78 Å². The summed E-state index contributed by atoms with van der Waals surface area (Å²) in [6.45, 7) is 2.60. The molecule has 1 aliphatic carbocycles. The molecule has 1 aromatic rings. The van der Waals surface area contributed by atoms with Gasteiger partial charge in [-0.3, -0.25) is 9.78 Å². The lowest BCUT2D eigenvalue weighted by molar-refractivity contribution is -0.121. The second-order valence-corrected chi connectivity index (χ2v) is 4.65. The Hall–Kier alpha value is -1.22. The minimum atomic E-state index is 0.0187. The normalized spacial score (nSPS) is 20.5. The van der Waals surface area contributed by atoms with E-state index in [1.807, 2.05) is 13.0 Å². The van der Waals surface area contributed by atoms with Gasteiger partial charge in [-0.2, -0.15) is 0 Å². The molecule has 0 fully saturated rings. The van der Waals surface area contributed by atoms with Crippen LogP contribution in [0.3, 0.4) is 0 Å². The van der Waals surface area contributed by atoms with Crippen LogP contribution < -0.4 is 5.73 Å². The largest absolute Gasteiger partial charge is 0.330 e. The third kappa shape index (κ3) is 2.14. The van der Waals surface area contributed by atoms with E-state index < -0.39 is 0 Å². The number of hydrogen-bond donors (Lipinski definition) is 1. The third-order valence-electron chi connectivity index (χ3n) is 3.30. The Balaban J connectivity index is 2.10. The van der Waals surface area contributed by atoms with E-state index in [4.69, 9.17) is 5.73 Å². The van der Waals surface area contributed by atoms with Crippen LogP contribution in [-0.4, -0.2) is 17.3 Å². The molecule has 0 saturated heterocycles. The zero-order valence-electron chi connectivity index (χ0n) is 9.65. The zero-order valence-corrected chi connectivity index (χ0v) is 9.65. The van der Waals surface area contributed by atoms with Crippen LogP contribution in [0.25, 0.3) is 0 Å². The summed E-state index contributed by atoms with van der Waals surface area (Å²) in [4.78, 5) is 16.4. The van der Waals surface area contributed by atoms with Crippen molar-refractivity contribution in [2.75, 3.05) is 6.54 Å². The maximum atomic E-state index is 12.1. The van der Waals surface area contributed by atoms with Gasteiger partial charge in [0.1, 0.15) is 5.78 Å². The van der Waals surface area contributed by atoms with E-state index in [1.54, 1.807) is 6.20 Å². The lowest BCUT2D eigenvalue weighted by Gasteiger charge is -2.12. The second kappa shape index (κ2) is 4.74. The van der Waals surface area contributed by atoms with Crippen molar-refractivity contribution in [2.45, 2.75) is 32.1 Å². The number of aromatic nitrogens is 1. The maximum absolute atomic E-state index is 12.1. The fourth-order valence-electron chi connectivity index (χ4n) is 2.30. The van der Waals surface area contributed by atoms with Gasteiger partial charge in [0.2, 0.25) is 0 Å². The van der Waals surface area contributed by atoms with Crippen LogP contribution >= 0.6 is 0 Å². The number of carbonyl (C=O) groups excluding carboxylic acids is 1. The number of fused-ring (bicyclic) bond motifs is 1. The second-order valence-electron chi connectivity index (χ2n) is 4.65. The number of hydrogen-bond acceptors (Lipinski definition) is 3. The SMILES string of the molecule is CC(CN)CC(=O)C1CCc2cccnc21. The van der Waals surface area contributed by atoms with Gasteiger partial charge in [-0.25, -0.2) is 0 Å². The molecular weight excluding hydrogens is 200 g/mol. The van der Waals surface area contributed by atoms with Crippen molar-refractivity contribution in [1.82, 2.24) is 4.98 Å². The van der Waals surface area contributed by atoms with Crippen LogP contribution in [0.1, 0.15) is 36.9 Å². The Morgan fingerprint density at radius 2 is 2.50 bits per heavy atom. The molecule has 2 atom stereocenters. The topological polar surface area (TPSA) is 56.0 Å². The van der Waals surface area contributed by atoms with Gasteiger partial charge in [0.05, 0.1) is 11.6 Å². The van der Waals surface area contributed by atoms with Gasteiger partial charge in [0.25, 0.3) is 0 Å². The number of nitrogens with two attached hydrogens (primary N) is 1. The third-order valence-corrected chi connectivity index (χ3v) is 3.30. The number of nitrogens with zero attached hydrogens (tertiary/aromatic N) is 1. The van der Waals surface area contributed by atoms with Crippen molar-refractivity contribution in [2.24, 2.45) is 11.7 Å². The Morgan fingerprint density at radius 1 is 1.69 bits per heavy atom. The van der Waals surface area contributed by atoms with Crippen LogP contribution in [0.4, 0.5) is 0 Å². The van der Waals surface area contributed by atoms with E-state index in [0.717, 1.165) is 18.5 Å². The minimum absolute atomic E-state index is 0.0187. The Morgan fingerprint density at radius 3 is 3.25 bits per heavy atom. The molecule has 0 aromatic carbocycles. The number of pyridine rings is 1. The van der Waals surface area contributed by atoms with E-state index in [2.05, 4.69) is 11.1 Å². The predicted octanol–water partition coefficient (Wildman–Crippen LogP) is 1.67. The molecule has 2 rings (SSSR count). The molecule has 3 heteroatoms. The van der Waals surface area contributed by atoms with Gasteiger partial charge in [-0.1, -0.05) is 13.0 Å². The fraction of sp³-hybridized carbons (Fsp3) is 0.538. The molecule has 16 heavy (non-hydrogen) atoms. The molecule has 1 heterocycles. The van der Waals surface area contributed by atoms with Gasteiger partial charge in [-0.15, -0.1) is 0 Å². The molecular formula is C13H18N2O. The fourth-order valence-corrected chi connectivity index (χ4v) is 2.30. The lowest BCUT2D eigenvalue weighted by Crippen LogP contribution is -2.19. The molecule has 3 nitrogen and oxygen atoms in total. The van der Waals surface area contributed by atoms with Gasteiger partial charge < -0.3 is 5.73 Å². The van der Waals surface area contributed by atoms with Gasteiger partial charge in [0.15, 0.2) is 0 Å². The first kappa shape index (κ1) is 11.3. The summed E-state index contributed by atoms with van der Waals surface area (Å²) in [7, 11) is 0. The quantitative estimate of drug-likeness (QED) is 0.836. The molecule has 0 aliphatic heterocycles. The molecule has 86 valence electrons. The highest BCUT2D eigenvalue weighted by molar-refractivity contribution is 5.86. The molecule has 2 N–H and O–H groups in total. The maximum Gasteiger partial charge on any atom is 0.142 e. The van der Waals surface area contributed by atoms with E-state index in [-0.39, 0.29) is 11.8 Å². The summed E-state index contributed by atoms with van der Waals surface area (Å²) in [5.74, 6) is 0.598. The summed E-state index contributed by atoms with van der Waals surface area (Å²) < 4.78 is 0. The highest BCUT2D eigenvalue weighted by Crippen LogP contribution is 2.33. The van der Waals surface area contributed by atoms with E-state index in [1.165, 1.54) is 5.56 Å². The number of Topliss-reactive ketones (excluding diaryl/α,β-unsaturated/α-hetero) is 1. The lowest BCUT2D eigenvalue weighted by atomic mass is 9.93. The van der Waals surface area contributed by atoms with Crippen molar-refractivity contribution in [3.8, 4) is 0 Å². The first-order valence-corrected chi connectivity index (χ1v) is 5.89. The van der Waals surface area contributed by atoms with Crippen molar-refractivity contribution in [1.29, 1.82) is 0 Å². The van der Waals surface area contributed by atoms with Gasteiger partial charge >= 0.3 is 0 Å². The molecule has 1 aliphatic rings. The van der Waals surface area contributed by atoms with Crippen LogP contribution in [0.2, 0.25) is 0 Å². The van der Waals surface area contributed by atoms with Crippen molar-refractivity contribution < 1.29 is 4.79 Å². The van der Waals surface area contributed by atoms with Crippen LogP contribution in [-0.2, 0) is 11.2 Å². The summed E-state index contributed by atoms with van der Waals surface area (Å²) in [5.41, 5.74) is 7.78. The molecule has 2 unspecified atom stereocenters. The Bertz CT molecular complexity index is 389. The number of ketones is 1. The van der Waals surface area contributed by atoms with Gasteiger partial charge in [-0.05, 0) is 36.9 Å². The Kier molecular flexibility index (Phi) is 3.34. The average Bonchev–Trinajstić information content (AvgIpc) is 2.72. The standard InChI is InChI=1S/C13H18N2O/c1-9(8-14)7-12(16)11-5-4-10-3-2-6-15-13(10)11/h2-3,6,9,11H,4-5,7-8,14H2,1H3. The predicted molar refractivity (Wildman–Crippen MR) is 63.1 cm³/mol. The van der Waals surface area contributed by atoms with Crippen LogP contribution in [0.15, 0.2) is 18.3 Å². The summed E-state index contributed by atoms with van der Waals surface area (Å²) in [6.07, 6.45) is 4.26. The molecule has 0 bridgehead atoms. The first-order chi connectivity index (χ1) is 7.72. The first-order valence-electron chi connectivity index (χ1n) is 5.89. The molecule has 0 spiro atoms. The minimum Gasteiger partial charge on any atom is -0.330 e. The van der Waals surface area contributed by atoms with Crippen molar-refractivity contribution in [3.63, 3.8) is 0 Å². The number of rotatable bonds is 4. The highest BCUT2D eigenvalue weighted by Gasteiger charge is 2.29. The van der Waals surface area contributed by atoms with E-state index in [9.17, 15) is 4.79 Å². The monoisotopic (exact) mass is 218 g/mol. The van der Waals surface area contributed by atoms with Crippen LogP contribution in [0, 0.1) is 5.92 Å². The average molecular weight is 218 g/mol. The van der Waals surface area contributed by atoms with E-state index >= 15 is 0 Å². The van der Waals surface area contributed by atoms with E-state index in [0.29, 0.717) is 18.7 Å². The molecule has 0 radical (unpaired) electrons. The number of aryl methyl sites for hydroxylation is 1.